The predicted molar refractivity (Wildman–Crippen MR) is 113 cm³/mol. The molecule has 1 saturated heterocycles. The van der Waals surface area contributed by atoms with Gasteiger partial charge in [-0.15, -0.1) is 0 Å². The number of rotatable bonds is 4. The summed E-state index contributed by atoms with van der Waals surface area (Å²) in [6.45, 7) is 7.44. The summed E-state index contributed by atoms with van der Waals surface area (Å²) < 4.78 is 0. The first-order valence-corrected chi connectivity index (χ1v) is 11.4. The molecule has 1 aromatic rings. The number of hydrogen-bond donors (Lipinski definition) is 0. The molecule has 1 atom stereocenters. The van der Waals surface area contributed by atoms with Crippen LogP contribution in [0.15, 0.2) is 0 Å². The summed E-state index contributed by atoms with van der Waals surface area (Å²) in [6, 6.07) is -0.0742. The van der Waals surface area contributed by atoms with Gasteiger partial charge in [-0.05, 0) is 44.9 Å². The molecular formula is C23H34N4O2. The van der Waals surface area contributed by atoms with Crippen LogP contribution in [0, 0.1) is 18.8 Å². The summed E-state index contributed by atoms with van der Waals surface area (Å²) in [5, 5.41) is 0. The lowest BCUT2D eigenvalue weighted by atomic mass is 9.89. The Hall–Kier alpha value is -1.98. The number of nitrogens with zero attached hydrogens (tertiary/aromatic N) is 4. The molecule has 4 rings (SSSR count). The van der Waals surface area contributed by atoms with Crippen LogP contribution in [0.4, 0.5) is 5.82 Å². The van der Waals surface area contributed by atoms with E-state index >= 15 is 0 Å². The van der Waals surface area contributed by atoms with Gasteiger partial charge in [-0.3, -0.25) is 14.5 Å². The molecule has 0 unspecified atom stereocenters. The molecule has 0 aromatic carbocycles. The molecule has 1 saturated carbocycles. The fourth-order valence-electron chi connectivity index (χ4n) is 5.16. The average Bonchev–Trinajstić information content (AvgIpc) is 3.04. The van der Waals surface area contributed by atoms with Crippen LogP contribution in [-0.2, 0) is 16.0 Å². The molecule has 3 heterocycles. The number of aromatic nitrogens is 2. The maximum absolute atomic E-state index is 12.8. The van der Waals surface area contributed by atoms with Crippen molar-refractivity contribution in [2.45, 2.75) is 84.6 Å². The normalized spacial score (nSPS) is 23.0. The van der Waals surface area contributed by atoms with E-state index in [1.807, 2.05) is 30.6 Å². The van der Waals surface area contributed by atoms with Crippen molar-refractivity contribution >= 4 is 17.6 Å². The first-order valence-electron chi connectivity index (χ1n) is 11.4. The van der Waals surface area contributed by atoms with Gasteiger partial charge in [0.2, 0.25) is 11.8 Å². The molecule has 2 aliphatic heterocycles. The standard InChI is InChI=1S/C23H34N4O2/c1-15(2)23(29)26-12-8-7-11-19(26)21-24-16(3)18-13-20(28)27(22(18)25-21)14-17-9-5-4-6-10-17/h15,17,19H,4-14H2,1-3H3/t19-/m1/s1. The van der Waals surface area contributed by atoms with Crippen molar-refractivity contribution in [3.05, 3.63) is 17.1 Å². The smallest absolute Gasteiger partial charge is 0.232 e. The first-order chi connectivity index (χ1) is 14.0. The lowest BCUT2D eigenvalue weighted by Crippen LogP contribution is -2.41. The molecule has 6 nitrogen and oxygen atoms in total. The summed E-state index contributed by atoms with van der Waals surface area (Å²) in [4.78, 5) is 39.2. The molecule has 6 heteroatoms. The molecule has 0 bridgehead atoms. The largest absolute Gasteiger partial charge is 0.332 e. The van der Waals surface area contributed by atoms with E-state index in [-0.39, 0.29) is 23.8 Å². The number of likely N-dealkylation sites (tertiary alicyclic amines) is 1. The molecule has 2 amide bonds. The Morgan fingerprint density at radius 2 is 1.79 bits per heavy atom. The molecule has 158 valence electrons. The van der Waals surface area contributed by atoms with Gasteiger partial charge in [0.15, 0.2) is 5.82 Å². The molecule has 1 aliphatic carbocycles. The van der Waals surface area contributed by atoms with Gasteiger partial charge in [0.05, 0.1) is 12.5 Å². The van der Waals surface area contributed by atoms with E-state index in [9.17, 15) is 9.59 Å². The van der Waals surface area contributed by atoms with E-state index in [1.165, 1.54) is 32.1 Å². The summed E-state index contributed by atoms with van der Waals surface area (Å²) in [5.74, 6) is 2.40. The number of anilines is 1. The zero-order valence-corrected chi connectivity index (χ0v) is 18.1. The van der Waals surface area contributed by atoms with E-state index in [1.54, 1.807) is 0 Å². The fourth-order valence-corrected chi connectivity index (χ4v) is 5.16. The van der Waals surface area contributed by atoms with Crippen molar-refractivity contribution in [2.24, 2.45) is 11.8 Å². The highest BCUT2D eigenvalue weighted by molar-refractivity contribution is 6.00. The Kier molecular flexibility index (Phi) is 5.88. The second kappa shape index (κ2) is 8.41. The van der Waals surface area contributed by atoms with Crippen molar-refractivity contribution in [1.82, 2.24) is 14.9 Å². The highest BCUT2D eigenvalue weighted by atomic mass is 16.2. The zero-order chi connectivity index (χ0) is 20.5. The van der Waals surface area contributed by atoms with Gasteiger partial charge < -0.3 is 4.90 Å². The lowest BCUT2D eigenvalue weighted by Gasteiger charge is -2.36. The van der Waals surface area contributed by atoms with E-state index in [2.05, 4.69) is 0 Å². The van der Waals surface area contributed by atoms with Gasteiger partial charge in [0, 0.05) is 30.3 Å². The van der Waals surface area contributed by atoms with Gasteiger partial charge in [-0.25, -0.2) is 9.97 Å². The third-order valence-corrected chi connectivity index (χ3v) is 6.84. The van der Waals surface area contributed by atoms with Crippen LogP contribution >= 0.6 is 0 Å². The molecule has 2 fully saturated rings. The van der Waals surface area contributed by atoms with Crippen LogP contribution in [0.3, 0.4) is 0 Å². The van der Waals surface area contributed by atoms with Crippen molar-refractivity contribution < 1.29 is 9.59 Å². The number of amides is 2. The number of piperidine rings is 1. The summed E-state index contributed by atoms with van der Waals surface area (Å²) in [5.41, 5.74) is 1.87. The Balaban J connectivity index is 1.64. The summed E-state index contributed by atoms with van der Waals surface area (Å²) in [6.07, 6.45) is 9.67. The topological polar surface area (TPSA) is 66.4 Å². The Morgan fingerprint density at radius 3 is 2.52 bits per heavy atom. The van der Waals surface area contributed by atoms with Crippen molar-refractivity contribution in [2.75, 3.05) is 18.0 Å². The Bertz CT molecular complexity index is 785. The van der Waals surface area contributed by atoms with E-state index in [0.29, 0.717) is 12.3 Å². The molecule has 29 heavy (non-hydrogen) atoms. The van der Waals surface area contributed by atoms with Crippen LogP contribution < -0.4 is 4.90 Å². The highest BCUT2D eigenvalue weighted by Gasteiger charge is 2.36. The molecule has 0 spiro atoms. The molecule has 0 radical (unpaired) electrons. The number of carbonyl (C=O) groups excluding carboxylic acids is 2. The maximum atomic E-state index is 12.8. The molecule has 1 aromatic heterocycles. The van der Waals surface area contributed by atoms with Gasteiger partial charge in [0.1, 0.15) is 5.82 Å². The lowest BCUT2D eigenvalue weighted by molar-refractivity contribution is -0.138. The van der Waals surface area contributed by atoms with Gasteiger partial charge in [-0.2, -0.15) is 0 Å². The number of carbonyl (C=O) groups is 2. The Morgan fingerprint density at radius 1 is 1.07 bits per heavy atom. The SMILES string of the molecule is Cc1nc([C@H]2CCCCN2C(=O)C(C)C)nc2c1CC(=O)N2CC1CCCCC1. The minimum Gasteiger partial charge on any atom is -0.332 e. The minimum absolute atomic E-state index is 0.0319. The van der Waals surface area contributed by atoms with Crippen molar-refractivity contribution in [3.8, 4) is 0 Å². The van der Waals surface area contributed by atoms with E-state index in [4.69, 9.17) is 9.97 Å². The van der Waals surface area contributed by atoms with E-state index in [0.717, 1.165) is 55.3 Å². The Labute approximate surface area is 174 Å². The fraction of sp³-hybridized carbons (Fsp3) is 0.739. The zero-order valence-electron chi connectivity index (χ0n) is 18.1. The monoisotopic (exact) mass is 398 g/mol. The van der Waals surface area contributed by atoms with Gasteiger partial charge >= 0.3 is 0 Å². The van der Waals surface area contributed by atoms with Crippen LogP contribution in [0.25, 0.3) is 0 Å². The second-order valence-corrected chi connectivity index (χ2v) is 9.35. The molecular weight excluding hydrogens is 364 g/mol. The number of aryl methyl sites for hydroxylation is 1. The van der Waals surface area contributed by atoms with Crippen LogP contribution in [0.5, 0.6) is 0 Å². The van der Waals surface area contributed by atoms with Gasteiger partial charge in [0.25, 0.3) is 0 Å². The average molecular weight is 399 g/mol. The van der Waals surface area contributed by atoms with Crippen LogP contribution in [-0.4, -0.2) is 39.8 Å². The van der Waals surface area contributed by atoms with Crippen LogP contribution in [0.2, 0.25) is 0 Å². The highest BCUT2D eigenvalue weighted by Crippen LogP contribution is 2.36. The third kappa shape index (κ3) is 4.03. The second-order valence-electron chi connectivity index (χ2n) is 9.35. The third-order valence-electron chi connectivity index (χ3n) is 6.84. The first kappa shape index (κ1) is 20.3. The number of fused-ring (bicyclic) bond motifs is 1. The maximum Gasteiger partial charge on any atom is 0.232 e. The molecule has 3 aliphatic rings. The van der Waals surface area contributed by atoms with Crippen molar-refractivity contribution in [1.29, 1.82) is 0 Å². The summed E-state index contributed by atoms with van der Waals surface area (Å²) in [7, 11) is 0. The van der Waals surface area contributed by atoms with Crippen molar-refractivity contribution in [3.63, 3.8) is 0 Å². The minimum atomic E-state index is -0.0742. The van der Waals surface area contributed by atoms with Gasteiger partial charge in [-0.1, -0.05) is 33.1 Å². The molecule has 0 N–H and O–H groups in total. The summed E-state index contributed by atoms with van der Waals surface area (Å²) >= 11 is 0. The number of hydrogen-bond acceptors (Lipinski definition) is 4. The quantitative estimate of drug-likeness (QED) is 0.770. The van der Waals surface area contributed by atoms with E-state index < -0.39 is 0 Å². The van der Waals surface area contributed by atoms with Crippen LogP contribution in [0.1, 0.15) is 88.3 Å². The predicted octanol–water partition coefficient (Wildman–Crippen LogP) is 3.96.